The summed E-state index contributed by atoms with van der Waals surface area (Å²) in [5, 5.41) is 2.38. The molecule has 3 rings (SSSR count). The molecule has 0 aliphatic rings. The predicted molar refractivity (Wildman–Crippen MR) is 78.6 cm³/mol. The molecular formula is C15H10F3N5O. The first-order chi connectivity index (χ1) is 11.4. The normalized spacial score (nSPS) is 11.3. The average molecular weight is 333 g/mol. The molecule has 1 amide bonds. The standard InChI is InChI=1S/C15H10F3N5O/c16-15(17,18)12-8-10(4-5-20-12)21-14(24)11-2-1-3-13(22-11)23-7-6-19-9-23/h1-9H,(H,20,21,24). The quantitative estimate of drug-likeness (QED) is 0.800. The van der Waals surface area contributed by atoms with Crippen molar-refractivity contribution in [3.05, 3.63) is 66.6 Å². The fourth-order valence-electron chi connectivity index (χ4n) is 1.95. The number of carbonyl (C=O) groups is 1. The van der Waals surface area contributed by atoms with Crippen molar-refractivity contribution in [2.75, 3.05) is 5.32 Å². The maximum absolute atomic E-state index is 12.6. The van der Waals surface area contributed by atoms with Gasteiger partial charge in [0.1, 0.15) is 23.5 Å². The van der Waals surface area contributed by atoms with Gasteiger partial charge in [-0.15, -0.1) is 0 Å². The van der Waals surface area contributed by atoms with Crippen LogP contribution in [-0.4, -0.2) is 25.4 Å². The van der Waals surface area contributed by atoms with E-state index in [1.807, 2.05) is 0 Å². The van der Waals surface area contributed by atoms with E-state index in [0.717, 1.165) is 12.3 Å². The van der Waals surface area contributed by atoms with Gasteiger partial charge in [-0.2, -0.15) is 13.2 Å². The molecule has 6 nitrogen and oxygen atoms in total. The molecule has 0 fully saturated rings. The molecule has 24 heavy (non-hydrogen) atoms. The Morgan fingerprint density at radius 1 is 1.17 bits per heavy atom. The Balaban J connectivity index is 1.82. The van der Waals surface area contributed by atoms with Gasteiger partial charge in [-0.25, -0.2) is 9.97 Å². The molecule has 1 N–H and O–H groups in total. The highest BCUT2D eigenvalue weighted by atomic mass is 19.4. The largest absolute Gasteiger partial charge is 0.433 e. The monoisotopic (exact) mass is 333 g/mol. The molecule has 0 aromatic carbocycles. The maximum Gasteiger partial charge on any atom is 0.433 e. The van der Waals surface area contributed by atoms with E-state index < -0.39 is 17.8 Å². The van der Waals surface area contributed by atoms with Crippen molar-refractivity contribution < 1.29 is 18.0 Å². The Morgan fingerprint density at radius 2 is 2.00 bits per heavy atom. The summed E-state index contributed by atoms with van der Waals surface area (Å²) in [6, 6.07) is 6.78. The summed E-state index contributed by atoms with van der Waals surface area (Å²) in [6.07, 6.45) is 1.13. The Kier molecular flexibility index (Phi) is 3.98. The second kappa shape index (κ2) is 6.11. The van der Waals surface area contributed by atoms with E-state index in [0.29, 0.717) is 5.82 Å². The topological polar surface area (TPSA) is 72.7 Å². The van der Waals surface area contributed by atoms with Crippen LogP contribution in [0.5, 0.6) is 0 Å². The lowest BCUT2D eigenvalue weighted by Crippen LogP contribution is -2.16. The third-order valence-corrected chi connectivity index (χ3v) is 3.04. The lowest BCUT2D eigenvalue weighted by molar-refractivity contribution is -0.141. The second-order valence-electron chi connectivity index (χ2n) is 4.73. The van der Waals surface area contributed by atoms with Crippen LogP contribution in [0.4, 0.5) is 18.9 Å². The number of hydrogen-bond acceptors (Lipinski definition) is 4. The zero-order chi connectivity index (χ0) is 17.2. The molecule has 0 saturated heterocycles. The van der Waals surface area contributed by atoms with Crippen LogP contribution < -0.4 is 5.32 Å². The summed E-state index contributed by atoms with van der Waals surface area (Å²) in [7, 11) is 0. The summed E-state index contributed by atoms with van der Waals surface area (Å²) >= 11 is 0. The first-order valence-electron chi connectivity index (χ1n) is 6.73. The summed E-state index contributed by atoms with van der Waals surface area (Å²) in [6.45, 7) is 0. The Morgan fingerprint density at radius 3 is 2.71 bits per heavy atom. The van der Waals surface area contributed by atoms with Crippen LogP contribution in [-0.2, 0) is 6.18 Å². The van der Waals surface area contributed by atoms with Gasteiger partial charge in [0.15, 0.2) is 0 Å². The second-order valence-corrected chi connectivity index (χ2v) is 4.73. The predicted octanol–water partition coefficient (Wildman–Crippen LogP) is 2.93. The van der Waals surface area contributed by atoms with Crippen molar-refractivity contribution in [2.24, 2.45) is 0 Å². The molecule has 0 bridgehead atoms. The van der Waals surface area contributed by atoms with Crippen LogP contribution in [0.25, 0.3) is 5.82 Å². The lowest BCUT2D eigenvalue weighted by Gasteiger charge is -2.09. The fraction of sp³-hybridized carbons (Fsp3) is 0.0667. The molecule has 3 aromatic heterocycles. The number of anilines is 1. The third kappa shape index (κ3) is 3.40. The number of halogens is 3. The van der Waals surface area contributed by atoms with Gasteiger partial charge in [0, 0.05) is 24.3 Å². The highest BCUT2D eigenvalue weighted by Crippen LogP contribution is 2.28. The van der Waals surface area contributed by atoms with E-state index in [1.54, 1.807) is 29.1 Å². The van der Waals surface area contributed by atoms with E-state index in [9.17, 15) is 18.0 Å². The van der Waals surface area contributed by atoms with Crippen LogP contribution in [0.2, 0.25) is 0 Å². The van der Waals surface area contributed by atoms with Crippen molar-refractivity contribution in [1.82, 2.24) is 19.5 Å². The summed E-state index contributed by atoms with van der Waals surface area (Å²) in [5.41, 5.74) is -1.04. The number of amides is 1. The smallest absolute Gasteiger partial charge is 0.321 e. The number of alkyl halides is 3. The number of nitrogens with one attached hydrogen (secondary N) is 1. The highest BCUT2D eigenvalue weighted by Gasteiger charge is 2.32. The third-order valence-electron chi connectivity index (χ3n) is 3.04. The van der Waals surface area contributed by atoms with Crippen molar-refractivity contribution >= 4 is 11.6 Å². The number of hydrogen-bond donors (Lipinski definition) is 1. The molecule has 0 aliphatic heterocycles. The van der Waals surface area contributed by atoms with Gasteiger partial charge in [-0.1, -0.05) is 6.07 Å². The highest BCUT2D eigenvalue weighted by molar-refractivity contribution is 6.02. The first kappa shape index (κ1) is 15.7. The minimum atomic E-state index is -4.58. The van der Waals surface area contributed by atoms with Gasteiger partial charge in [-0.05, 0) is 24.3 Å². The SMILES string of the molecule is O=C(Nc1ccnc(C(F)(F)F)c1)c1cccc(-n2ccnc2)n1. The van der Waals surface area contributed by atoms with Gasteiger partial charge < -0.3 is 5.32 Å². The van der Waals surface area contributed by atoms with Crippen LogP contribution >= 0.6 is 0 Å². The van der Waals surface area contributed by atoms with Gasteiger partial charge in [0.2, 0.25) is 0 Å². The van der Waals surface area contributed by atoms with Crippen LogP contribution in [0.1, 0.15) is 16.2 Å². The average Bonchev–Trinajstić information content (AvgIpc) is 3.09. The summed E-state index contributed by atoms with van der Waals surface area (Å²) in [4.78, 5) is 23.5. The van der Waals surface area contributed by atoms with Gasteiger partial charge in [0.05, 0.1) is 0 Å². The maximum atomic E-state index is 12.6. The number of rotatable bonds is 3. The van der Waals surface area contributed by atoms with Gasteiger partial charge in [-0.3, -0.25) is 14.3 Å². The van der Waals surface area contributed by atoms with Crippen molar-refractivity contribution in [3.8, 4) is 5.82 Å². The molecule has 9 heteroatoms. The molecular weight excluding hydrogens is 323 g/mol. The van der Waals surface area contributed by atoms with E-state index in [1.165, 1.54) is 18.5 Å². The summed E-state index contributed by atoms with van der Waals surface area (Å²) < 4.78 is 39.5. The molecule has 3 aromatic rings. The lowest BCUT2D eigenvalue weighted by atomic mass is 10.3. The van der Waals surface area contributed by atoms with Crippen molar-refractivity contribution in [1.29, 1.82) is 0 Å². The fourth-order valence-corrected chi connectivity index (χ4v) is 1.95. The molecule has 0 saturated carbocycles. The van der Waals surface area contributed by atoms with Crippen LogP contribution in [0.3, 0.4) is 0 Å². The number of carbonyl (C=O) groups excluding carboxylic acids is 1. The van der Waals surface area contributed by atoms with Gasteiger partial charge >= 0.3 is 6.18 Å². The zero-order valence-corrected chi connectivity index (χ0v) is 12.0. The van der Waals surface area contributed by atoms with Crippen molar-refractivity contribution in [3.63, 3.8) is 0 Å². The number of nitrogens with zero attached hydrogens (tertiary/aromatic N) is 4. The molecule has 0 atom stereocenters. The van der Waals surface area contributed by atoms with E-state index in [4.69, 9.17) is 0 Å². The zero-order valence-electron chi connectivity index (χ0n) is 12.0. The van der Waals surface area contributed by atoms with Crippen molar-refractivity contribution in [2.45, 2.75) is 6.18 Å². The van der Waals surface area contributed by atoms with E-state index >= 15 is 0 Å². The molecule has 0 spiro atoms. The number of pyridine rings is 2. The molecule has 0 aliphatic carbocycles. The minimum Gasteiger partial charge on any atom is -0.321 e. The summed E-state index contributed by atoms with van der Waals surface area (Å²) in [5.74, 6) is -0.165. The number of imidazole rings is 1. The molecule has 0 radical (unpaired) electrons. The Bertz CT molecular complexity index is 862. The molecule has 0 unspecified atom stereocenters. The molecule has 122 valence electrons. The van der Waals surface area contributed by atoms with E-state index in [2.05, 4.69) is 20.3 Å². The van der Waals surface area contributed by atoms with Gasteiger partial charge in [0.25, 0.3) is 5.91 Å². The Hall–Kier alpha value is -3.23. The first-order valence-corrected chi connectivity index (χ1v) is 6.73. The minimum absolute atomic E-state index is 0.0165. The Labute approximate surface area is 134 Å². The van der Waals surface area contributed by atoms with Crippen LogP contribution in [0.15, 0.2) is 55.2 Å². The molecule has 3 heterocycles. The number of aromatic nitrogens is 4. The van der Waals surface area contributed by atoms with Crippen LogP contribution in [0, 0.1) is 0 Å². The van der Waals surface area contributed by atoms with E-state index in [-0.39, 0.29) is 11.4 Å².